The van der Waals surface area contributed by atoms with Crippen molar-refractivity contribution in [2.75, 3.05) is 24.4 Å². The van der Waals surface area contributed by atoms with Crippen LogP contribution in [0.15, 0.2) is 59.5 Å². The van der Waals surface area contributed by atoms with Crippen LogP contribution in [0.2, 0.25) is 0 Å². The molecule has 3 N–H and O–H groups in total. The molecule has 1 aliphatic rings. The molecule has 3 rings (SSSR count). The van der Waals surface area contributed by atoms with Gasteiger partial charge < -0.3 is 10.6 Å². The minimum Gasteiger partial charge on any atom is -0.352 e. The number of anilines is 1. The van der Waals surface area contributed by atoms with E-state index in [1.54, 1.807) is 42.5 Å². The third kappa shape index (κ3) is 5.95. The zero-order valence-corrected chi connectivity index (χ0v) is 16.5. The second-order valence-corrected chi connectivity index (χ2v) is 8.10. The molecule has 0 aromatic heterocycles. The number of piperidine rings is 1. The molecule has 8 heteroatoms. The van der Waals surface area contributed by atoms with Crippen LogP contribution in [0.5, 0.6) is 0 Å². The maximum Gasteiger partial charge on any atom is 0.261 e. The van der Waals surface area contributed by atoms with E-state index in [1.165, 1.54) is 12.1 Å². The van der Waals surface area contributed by atoms with Gasteiger partial charge in [-0.1, -0.05) is 18.2 Å². The minimum atomic E-state index is -3.63. The summed E-state index contributed by atoms with van der Waals surface area (Å²) >= 11 is 0. The van der Waals surface area contributed by atoms with Crippen LogP contribution in [0, 0.1) is 5.92 Å². The van der Waals surface area contributed by atoms with Gasteiger partial charge >= 0.3 is 0 Å². The van der Waals surface area contributed by atoms with E-state index in [-0.39, 0.29) is 23.2 Å². The van der Waals surface area contributed by atoms with Crippen molar-refractivity contribution in [2.45, 2.75) is 17.7 Å². The molecule has 1 atom stereocenters. The van der Waals surface area contributed by atoms with E-state index >= 15 is 0 Å². The highest BCUT2D eigenvalue weighted by molar-refractivity contribution is 7.92. The van der Waals surface area contributed by atoms with E-state index in [2.05, 4.69) is 15.4 Å². The van der Waals surface area contributed by atoms with Crippen LogP contribution in [0.4, 0.5) is 5.69 Å². The Bertz CT molecular complexity index is 836. The van der Waals surface area contributed by atoms with Gasteiger partial charge in [-0.05, 0) is 68.2 Å². The van der Waals surface area contributed by atoms with Gasteiger partial charge in [0.15, 0.2) is 0 Å². The maximum absolute atomic E-state index is 12.3. The van der Waals surface area contributed by atoms with Crippen LogP contribution >= 0.6 is 12.4 Å². The molecule has 1 unspecified atom stereocenters. The van der Waals surface area contributed by atoms with Gasteiger partial charge in [0.05, 0.1) is 4.90 Å². The summed E-state index contributed by atoms with van der Waals surface area (Å²) in [7, 11) is -3.63. The summed E-state index contributed by atoms with van der Waals surface area (Å²) in [6, 6.07) is 14.6. The third-order valence-corrected chi connectivity index (χ3v) is 5.80. The number of hydrogen-bond donors (Lipinski definition) is 3. The molecule has 1 amide bonds. The molecule has 1 aliphatic heterocycles. The molecule has 27 heavy (non-hydrogen) atoms. The first-order valence-corrected chi connectivity index (χ1v) is 10.2. The van der Waals surface area contributed by atoms with Crippen molar-refractivity contribution < 1.29 is 13.2 Å². The Morgan fingerprint density at radius 2 is 1.78 bits per heavy atom. The second-order valence-electron chi connectivity index (χ2n) is 6.42. The van der Waals surface area contributed by atoms with Crippen molar-refractivity contribution in [1.82, 2.24) is 10.6 Å². The van der Waals surface area contributed by atoms with Gasteiger partial charge in [-0.15, -0.1) is 12.4 Å². The van der Waals surface area contributed by atoms with Gasteiger partial charge in [0.1, 0.15) is 0 Å². The van der Waals surface area contributed by atoms with Crippen LogP contribution in [0.1, 0.15) is 23.2 Å². The number of carbonyl (C=O) groups excluding carboxylic acids is 1. The SMILES string of the molecule is Cl.O=C(NCC1CCCNC1)c1ccc(NS(=O)(=O)c2ccccc2)cc1. The molecule has 0 spiro atoms. The van der Waals surface area contributed by atoms with E-state index in [0.29, 0.717) is 23.7 Å². The molecule has 0 aliphatic carbocycles. The minimum absolute atomic E-state index is 0. The van der Waals surface area contributed by atoms with Crippen molar-refractivity contribution in [3.63, 3.8) is 0 Å². The van der Waals surface area contributed by atoms with Crippen LogP contribution < -0.4 is 15.4 Å². The first kappa shape index (κ1) is 21.2. The van der Waals surface area contributed by atoms with Crippen molar-refractivity contribution in [3.05, 3.63) is 60.2 Å². The number of halogens is 1. The normalized spacial score (nSPS) is 16.8. The number of amides is 1. The molecule has 146 valence electrons. The smallest absolute Gasteiger partial charge is 0.261 e. The fraction of sp³-hybridized carbons (Fsp3) is 0.316. The van der Waals surface area contributed by atoms with Gasteiger partial charge in [0, 0.05) is 17.8 Å². The van der Waals surface area contributed by atoms with Crippen molar-refractivity contribution in [3.8, 4) is 0 Å². The van der Waals surface area contributed by atoms with Crippen molar-refractivity contribution in [2.24, 2.45) is 5.92 Å². The van der Waals surface area contributed by atoms with E-state index in [1.807, 2.05) is 0 Å². The fourth-order valence-electron chi connectivity index (χ4n) is 2.94. The molecule has 2 aromatic carbocycles. The van der Waals surface area contributed by atoms with Crippen molar-refractivity contribution >= 4 is 34.0 Å². The van der Waals surface area contributed by atoms with Gasteiger partial charge in [0.2, 0.25) is 0 Å². The predicted molar refractivity (Wildman–Crippen MR) is 109 cm³/mol. The summed E-state index contributed by atoms with van der Waals surface area (Å²) in [4.78, 5) is 12.4. The van der Waals surface area contributed by atoms with E-state index in [9.17, 15) is 13.2 Å². The average molecular weight is 410 g/mol. The quantitative estimate of drug-likeness (QED) is 0.684. The lowest BCUT2D eigenvalue weighted by Crippen LogP contribution is -2.38. The molecule has 1 fully saturated rings. The Balaban J connectivity index is 0.00000261. The molecule has 0 radical (unpaired) electrons. The molecule has 0 saturated carbocycles. The number of carbonyl (C=O) groups is 1. The standard InChI is InChI=1S/C19H23N3O3S.ClH/c23-19(21-14-15-5-4-12-20-13-15)16-8-10-17(11-9-16)22-26(24,25)18-6-2-1-3-7-18;/h1-3,6-11,15,20,22H,4-5,12-14H2,(H,21,23);1H. The Morgan fingerprint density at radius 3 is 2.41 bits per heavy atom. The molecule has 1 heterocycles. The largest absolute Gasteiger partial charge is 0.352 e. The van der Waals surface area contributed by atoms with Crippen LogP contribution in [-0.2, 0) is 10.0 Å². The van der Waals surface area contributed by atoms with Crippen LogP contribution in [0.25, 0.3) is 0 Å². The highest BCUT2D eigenvalue weighted by Gasteiger charge is 2.16. The lowest BCUT2D eigenvalue weighted by atomic mass is 9.99. The fourth-order valence-corrected chi connectivity index (χ4v) is 4.02. The zero-order chi connectivity index (χ0) is 18.4. The average Bonchev–Trinajstić information content (AvgIpc) is 2.68. The lowest BCUT2D eigenvalue weighted by Gasteiger charge is -2.22. The number of sulfonamides is 1. The molecule has 6 nitrogen and oxygen atoms in total. The summed E-state index contributed by atoms with van der Waals surface area (Å²) in [6.07, 6.45) is 2.25. The van der Waals surface area contributed by atoms with E-state index in [4.69, 9.17) is 0 Å². The van der Waals surface area contributed by atoms with Gasteiger partial charge in [-0.25, -0.2) is 8.42 Å². The van der Waals surface area contributed by atoms with Crippen LogP contribution in [-0.4, -0.2) is 34.0 Å². The second kappa shape index (κ2) is 9.73. The monoisotopic (exact) mass is 409 g/mol. The van der Waals surface area contributed by atoms with E-state index < -0.39 is 10.0 Å². The molecular formula is C19H24ClN3O3S. The third-order valence-electron chi connectivity index (χ3n) is 4.40. The molecular weight excluding hydrogens is 386 g/mol. The number of nitrogens with one attached hydrogen (secondary N) is 3. The Hall–Kier alpha value is -2.09. The first-order valence-electron chi connectivity index (χ1n) is 8.71. The maximum atomic E-state index is 12.3. The lowest BCUT2D eigenvalue weighted by molar-refractivity contribution is 0.0945. The van der Waals surface area contributed by atoms with Gasteiger partial charge in [0.25, 0.3) is 15.9 Å². The molecule has 2 aromatic rings. The molecule has 0 bridgehead atoms. The summed E-state index contributed by atoms with van der Waals surface area (Å²) in [5.41, 5.74) is 0.929. The first-order chi connectivity index (χ1) is 12.5. The van der Waals surface area contributed by atoms with Gasteiger partial charge in [-0.2, -0.15) is 0 Å². The zero-order valence-electron chi connectivity index (χ0n) is 14.9. The predicted octanol–water partition coefficient (Wildman–Crippen LogP) is 2.64. The van der Waals surface area contributed by atoms with E-state index in [0.717, 1.165) is 25.9 Å². The number of hydrogen-bond acceptors (Lipinski definition) is 4. The highest BCUT2D eigenvalue weighted by Crippen LogP contribution is 2.16. The Kier molecular flexibility index (Phi) is 7.65. The van der Waals surface area contributed by atoms with Gasteiger partial charge in [-0.3, -0.25) is 9.52 Å². The number of rotatable bonds is 6. The summed E-state index contributed by atoms with van der Waals surface area (Å²) < 4.78 is 27.1. The summed E-state index contributed by atoms with van der Waals surface area (Å²) in [5.74, 6) is 0.317. The summed E-state index contributed by atoms with van der Waals surface area (Å²) in [5, 5.41) is 6.27. The van der Waals surface area contributed by atoms with Crippen molar-refractivity contribution in [1.29, 1.82) is 0 Å². The van der Waals surface area contributed by atoms with Crippen LogP contribution in [0.3, 0.4) is 0 Å². The highest BCUT2D eigenvalue weighted by atomic mass is 35.5. The molecule has 1 saturated heterocycles. The Morgan fingerprint density at radius 1 is 1.07 bits per heavy atom. The Labute approximate surface area is 166 Å². The number of benzene rings is 2. The topological polar surface area (TPSA) is 87.3 Å². The summed E-state index contributed by atoms with van der Waals surface area (Å²) in [6.45, 7) is 2.62.